The summed E-state index contributed by atoms with van der Waals surface area (Å²) in [5.41, 5.74) is 0. The van der Waals surface area contributed by atoms with E-state index >= 15 is 0 Å². The molecule has 0 aromatic carbocycles. The molecule has 0 N–H and O–H groups in total. The number of hydrogen-bond acceptors (Lipinski definition) is 2. The summed E-state index contributed by atoms with van der Waals surface area (Å²) in [4.78, 5) is 5.26. The van der Waals surface area contributed by atoms with Crippen LogP contribution in [0.5, 0.6) is 0 Å². The number of likely N-dealkylation sites (N-methyl/N-ethyl adjacent to an activating group) is 1. The van der Waals surface area contributed by atoms with E-state index in [9.17, 15) is 0 Å². The molecular formula is C11H22N2. The Labute approximate surface area is 81.9 Å². The van der Waals surface area contributed by atoms with Crippen LogP contribution in [0.4, 0.5) is 0 Å². The molecule has 0 spiro atoms. The Morgan fingerprint density at radius 1 is 1.08 bits per heavy atom. The number of rotatable bonds is 1. The molecule has 13 heavy (non-hydrogen) atoms. The van der Waals surface area contributed by atoms with Gasteiger partial charge in [0.2, 0.25) is 0 Å². The second kappa shape index (κ2) is 3.58. The lowest BCUT2D eigenvalue weighted by molar-refractivity contribution is -0.0200. The molecule has 2 rings (SSSR count). The Balaban J connectivity index is 2.10. The Kier molecular flexibility index (Phi) is 2.61. The zero-order valence-electron chi connectivity index (χ0n) is 9.16. The van der Waals surface area contributed by atoms with E-state index in [-0.39, 0.29) is 0 Å². The molecule has 2 unspecified atom stereocenters. The number of piperidine rings is 1. The zero-order valence-corrected chi connectivity index (χ0v) is 9.16. The fourth-order valence-corrected chi connectivity index (χ4v) is 3.19. The molecule has 0 aliphatic carbocycles. The highest BCUT2D eigenvalue weighted by Crippen LogP contribution is 2.29. The van der Waals surface area contributed by atoms with Crippen LogP contribution in [0.2, 0.25) is 0 Å². The van der Waals surface area contributed by atoms with E-state index in [1.165, 1.54) is 32.4 Å². The third-order valence-corrected chi connectivity index (χ3v) is 3.56. The van der Waals surface area contributed by atoms with Gasteiger partial charge in [0.1, 0.15) is 0 Å². The van der Waals surface area contributed by atoms with Crippen LogP contribution in [0.3, 0.4) is 0 Å². The summed E-state index contributed by atoms with van der Waals surface area (Å²) in [6.45, 7) is 7.26. The van der Waals surface area contributed by atoms with Crippen LogP contribution < -0.4 is 0 Å². The molecule has 76 valence electrons. The molecule has 2 heteroatoms. The average molecular weight is 182 g/mol. The quantitative estimate of drug-likeness (QED) is 0.607. The first kappa shape index (κ1) is 9.47. The number of likely N-dealkylation sites (tertiary alicyclic amines) is 1. The van der Waals surface area contributed by atoms with Crippen LogP contribution in [0.25, 0.3) is 0 Å². The van der Waals surface area contributed by atoms with Gasteiger partial charge < -0.3 is 4.90 Å². The normalized spacial score (nSPS) is 36.9. The van der Waals surface area contributed by atoms with Crippen molar-refractivity contribution in [3.63, 3.8) is 0 Å². The second-order valence-corrected chi connectivity index (χ2v) is 5.00. The molecule has 2 aliphatic heterocycles. The predicted molar refractivity (Wildman–Crippen MR) is 55.9 cm³/mol. The first-order valence-corrected chi connectivity index (χ1v) is 5.64. The fourth-order valence-electron chi connectivity index (χ4n) is 3.19. The van der Waals surface area contributed by atoms with Crippen LogP contribution in [0, 0.1) is 0 Å². The first-order valence-electron chi connectivity index (χ1n) is 5.64. The van der Waals surface area contributed by atoms with Crippen molar-refractivity contribution in [3.05, 3.63) is 0 Å². The van der Waals surface area contributed by atoms with Gasteiger partial charge in [0.25, 0.3) is 0 Å². The number of fused-ring (bicyclic) bond motifs is 2. The number of piperazine rings is 1. The summed E-state index contributed by atoms with van der Waals surface area (Å²) in [6, 6.07) is 2.43. The van der Waals surface area contributed by atoms with E-state index in [0.717, 1.165) is 18.1 Å². The molecule has 2 saturated heterocycles. The molecule has 2 nitrogen and oxygen atoms in total. The largest absolute Gasteiger partial charge is 0.303 e. The Bertz CT molecular complexity index is 165. The van der Waals surface area contributed by atoms with Crippen molar-refractivity contribution in [1.29, 1.82) is 0 Å². The lowest BCUT2D eigenvalue weighted by Crippen LogP contribution is -2.61. The highest BCUT2D eigenvalue weighted by atomic mass is 15.3. The molecule has 0 aromatic rings. The SMILES string of the molecule is CC(C)N1C2CCCC1CN(C)C2. The third kappa shape index (κ3) is 1.75. The number of nitrogens with zero attached hydrogens (tertiary/aromatic N) is 2. The van der Waals surface area contributed by atoms with Crippen molar-refractivity contribution >= 4 is 0 Å². The summed E-state index contributed by atoms with van der Waals surface area (Å²) in [7, 11) is 2.27. The van der Waals surface area contributed by atoms with E-state index in [4.69, 9.17) is 0 Å². The molecule has 2 heterocycles. The summed E-state index contributed by atoms with van der Waals surface area (Å²) in [5.74, 6) is 0. The van der Waals surface area contributed by atoms with Gasteiger partial charge in [0, 0.05) is 31.2 Å². The van der Waals surface area contributed by atoms with E-state index < -0.39 is 0 Å². The fraction of sp³-hybridized carbons (Fsp3) is 1.00. The summed E-state index contributed by atoms with van der Waals surface area (Å²) in [5, 5.41) is 0. The van der Waals surface area contributed by atoms with Gasteiger partial charge >= 0.3 is 0 Å². The molecule has 2 atom stereocenters. The Hall–Kier alpha value is -0.0800. The minimum Gasteiger partial charge on any atom is -0.303 e. The van der Waals surface area contributed by atoms with E-state index in [1.54, 1.807) is 0 Å². The maximum atomic E-state index is 2.75. The minimum atomic E-state index is 0.740. The van der Waals surface area contributed by atoms with Gasteiger partial charge in [-0.25, -0.2) is 0 Å². The Morgan fingerprint density at radius 2 is 1.62 bits per heavy atom. The first-order chi connectivity index (χ1) is 6.18. The molecule has 0 amide bonds. The third-order valence-electron chi connectivity index (χ3n) is 3.56. The lowest BCUT2D eigenvalue weighted by Gasteiger charge is -2.51. The highest BCUT2D eigenvalue weighted by molar-refractivity contribution is 4.93. The summed E-state index contributed by atoms with van der Waals surface area (Å²) >= 11 is 0. The number of hydrogen-bond donors (Lipinski definition) is 0. The molecule has 2 fully saturated rings. The van der Waals surface area contributed by atoms with Gasteiger partial charge in [0.15, 0.2) is 0 Å². The van der Waals surface area contributed by atoms with E-state index in [2.05, 4.69) is 30.7 Å². The van der Waals surface area contributed by atoms with Gasteiger partial charge in [0.05, 0.1) is 0 Å². The second-order valence-electron chi connectivity index (χ2n) is 5.00. The lowest BCUT2D eigenvalue weighted by atomic mass is 9.90. The highest BCUT2D eigenvalue weighted by Gasteiger charge is 2.36. The molecule has 2 bridgehead atoms. The van der Waals surface area contributed by atoms with Gasteiger partial charge in [-0.1, -0.05) is 6.42 Å². The smallest absolute Gasteiger partial charge is 0.0229 e. The molecule has 0 radical (unpaired) electrons. The monoisotopic (exact) mass is 182 g/mol. The topological polar surface area (TPSA) is 6.48 Å². The summed E-state index contributed by atoms with van der Waals surface area (Å²) < 4.78 is 0. The summed E-state index contributed by atoms with van der Waals surface area (Å²) in [6.07, 6.45) is 4.28. The van der Waals surface area contributed by atoms with Crippen molar-refractivity contribution in [2.24, 2.45) is 0 Å². The van der Waals surface area contributed by atoms with Crippen molar-refractivity contribution in [2.45, 2.75) is 51.2 Å². The minimum absolute atomic E-state index is 0.740. The standard InChI is InChI=1S/C11H22N2/c1-9(2)13-10-5-4-6-11(13)8-12(3)7-10/h9-11H,4-8H2,1-3H3. The van der Waals surface area contributed by atoms with E-state index in [0.29, 0.717) is 0 Å². The van der Waals surface area contributed by atoms with Crippen LogP contribution in [0.1, 0.15) is 33.1 Å². The average Bonchev–Trinajstić information content (AvgIpc) is 2.01. The van der Waals surface area contributed by atoms with E-state index in [1.807, 2.05) is 0 Å². The van der Waals surface area contributed by atoms with Gasteiger partial charge in [-0.2, -0.15) is 0 Å². The maximum absolute atomic E-state index is 2.75. The van der Waals surface area contributed by atoms with Crippen molar-refractivity contribution < 1.29 is 0 Å². The van der Waals surface area contributed by atoms with Crippen molar-refractivity contribution in [3.8, 4) is 0 Å². The van der Waals surface area contributed by atoms with Crippen LogP contribution in [-0.2, 0) is 0 Å². The predicted octanol–water partition coefficient (Wildman–Crippen LogP) is 1.56. The molecular weight excluding hydrogens is 160 g/mol. The van der Waals surface area contributed by atoms with Crippen molar-refractivity contribution in [1.82, 2.24) is 9.80 Å². The van der Waals surface area contributed by atoms with Crippen LogP contribution in [0.15, 0.2) is 0 Å². The van der Waals surface area contributed by atoms with Crippen molar-refractivity contribution in [2.75, 3.05) is 20.1 Å². The van der Waals surface area contributed by atoms with Crippen LogP contribution >= 0.6 is 0 Å². The zero-order chi connectivity index (χ0) is 9.42. The van der Waals surface area contributed by atoms with Crippen LogP contribution in [-0.4, -0.2) is 48.1 Å². The Morgan fingerprint density at radius 3 is 2.08 bits per heavy atom. The molecule has 2 aliphatic rings. The maximum Gasteiger partial charge on any atom is 0.0229 e. The van der Waals surface area contributed by atoms with Gasteiger partial charge in [-0.3, -0.25) is 4.90 Å². The molecule has 0 saturated carbocycles. The van der Waals surface area contributed by atoms with Gasteiger partial charge in [-0.15, -0.1) is 0 Å². The molecule has 0 aromatic heterocycles. The van der Waals surface area contributed by atoms with Gasteiger partial charge in [-0.05, 0) is 33.7 Å².